The summed E-state index contributed by atoms with van der Waals surface area (Å²) in [7, 11) is 0. The Morgan fingerprint density at radius 2 is 2.00 bits per heavy atom. The number of ether oxygens (including phenoxy) is 1. The molecule has 0 saturated carbocycles. The highest BCUT2D eigenvalue weighted by Gasteiger charge is 2.22. The van der Waals surface area contributed by atoms with Gasteiger partial charge in [0, 0.05) is 32.4 Å². The number of thioether (sulfide) groups is 1. The molecule has 3 rings (SSSR count). The van der Waals surface area contributed by atoms with E-state index in [9.17, 15) is 4.79 Å². The summed E-state index contributed by atoms with van der Waals surface area (Å²) in [4.78, 5) is 19.3. The number of rotatable bonds is 9. The average molecular weight is 400 g/mol. The third kappa shape index (κ3) is 6.24. The smallest absolute Gasteiger partial charge is 0.255 e. The maximum Gasteiger partial charge on any atom is 0.255 e. The van der Waals surface area contributed by atoms with E-state index in [1.165, 1.54) is 0 Å². The Kier molecular flexibility index (Phi) is 8.18. The Morgan fingerprint density at radius 3 is 2.75 bits per heavy atom. The Morgan fingerprint density at radius 1 is 1.21 bits per heavy atom. The van der Waals surface area contributed by atoms with Crippen LogP contribution in [-0.4, -0.2) is 53.5 Å². The topological polar surface area (TPSA) is 54.5 Å². The molecule has 2 aromatic rings. The van der Waals surface area contributed by atoms with Gasteiger partial charge in [-0.2, -0.15) is 11.8 Å². The zero-order valence-electron chi connectivity index (χ0n) is 16.5. The largest absolute Gasteiger partial charge is 0.489 e. The van der Waals surface area contributed by atoms with Crippen molar-refractivity contribution in [1.82, 2.24) is 15.2 Å². The van der Waals surface area contributed by atoms with Crippen molar-refractivity contribution in [3.63, 3.8) is 0 Å². The van der Waals surface area contributed by atoms with Crippen LogP contribution in [0.4, 0.5) is 0 Å². The zero-order valence-corrected chi connectivity index (χ0v) is 17.3. The van der Waals surface area contributed by atoms with Crippen molar-refractivity contribution >= 4 is 17.7 Å². The standard InChI is InChI=1S/C22H29N3O2S/c1-28-16-6-13-24-22(26)20-8-2-3-9-21(20)27-19-10-14-25(15-11-19)17-18-7-4-5-12-23-18/h2-5,7-9,12,19H,6,10-11,13-17H2,1H3,(H,24,26). The summed E-state index contributed by atoms with van der Waals surface area (Å²) in [6, 6.07) is 13.6. The summed E-state index contributed by atoms with van der Waals surface area (Å²) in [5, 5.41) is 3.00. The fourth-order valence-corrected chi connectivity index (χ4v) is 3.79. The number of benzene rings is 1. The van der Waals surface area contributed by atoms with E-state index in [0.717, 1.165) is 50.3 Å². The number of aromatic nitrogens is 1. The number of nitrogens with zero attached hydrogens (tertiary/aromatic N) is 2. The lowest BCUT2D eigenvalue weighted by Gasteiger charge is -2.32. The molecule has 150 valence electrons. The Balaban J connectivity index is 1.50. The van der Waals surface area contributed by atoms with Crippen LogP contribution in [0.3, 0.4) is 0 Å². The fourth-order valence-electron chi connectivity index (χ4n) is 3.36. The third-order valence-corrected chi connectivity index (χ3v) is 5.58. The van der Waals surface area contributed by atoms with Gasteiger partial charge in [-0.15, -0.1) is 0 Å². The fraction of sp³-hybridized carbons (Fsp3) is 0.455. The third-order valence-electron chi connectivity index (χ3n) is 4.88. The van der Waals surface area contributed by atoms with Gasteiger partial charge >= 0.3 is 0 Å². The molecule has 1 amide bonds. The summed E-state index contributed by atoms with van der Waals surface area (Å²) < 4.78 is 6.23. The molecule has 6 heteroatoms. The second-order valence-corrected chi connectivity index (χ2v) is 8.00. The first-order valence-electron chi connectivity index (χ1n) is 9.91. The van der Waals surface area contributed by atoms with Crippen LogP contribution in [0.1, 0.15) is 35.3 Å². The van der Waals surface area contributed by atoms with Crippen LogP contribution in [0.15, 0.2) is 48.7 Å². The molecular weight excluding hydrogens is 370 g/mol. The van der Waals surface area contributed by atoms with Gasteiger partial charge in [0.25, 0.3) is 5.91 Å². The molecule has 1 fully saturated rings. The van der Waals surface area contributed by atoms with Crippen molar-refractivity contribution in [3.05, 3.63) is 59.9 Å². The number of piperidine rings is 1. The van der Waals surface area contributed by atoms with Crippen LogP contribution >= 0.6 is 11.8 Å². The molecule has 1 aliphatic heterocycles. The van der Waals surface area contributed by atoms with Gasteiger partial charge < -0.3 is 10.1 Å². The highest BCUT2D eigenvalue weighted by atomic mass is 32.2. The molecular formula is C22H29N3O2S. The highest BCUT2D eigenvalue weighted by Crippen LogP contribution is 2.23. The van der Waals surface area contributed by atoms with E-state index in [0.29, 0.717) is 17.9 Å². The first kappa shape index (κ1) is 20.7. The van der Waals surface area contributed by atoms with E-state index in [-0.39, 0.29) is 12.0 Å². The SMILES string of the molecule is CSCCCNC(=O)c1ccccc1OC1CCN(Cc2ccccn2)CC1. The monoisotopic (exact) mass is 399 g/mol. The number of amides is 1. The highest BCUT2D eigenvalue weighted by molar-refractivity contribution is 7.98. The molecule has 1 N–H and O–H groups in total. The van der Waals surface area contributed by atoms with Crippen molar-refractivity contribution in [2.75, 3.05) is 31.6 Å². The molecule has 1 aliphatic rings. The Bertz CT molecular complexity index is 734. The van der Waals surface area contributed by atoms with Crippen molar-refractivity contribution < 1.29 is 9.53 Å². The van der Waals surface area contributed by atoms with Crippen LogP contribution in [-0.2, 0) is 6.54 Å². The van der Waals surface area contributed by atoms with Crippen molar-refractivity contribution in [1.29, 1.82) is 0 Å². The number of nitrogens with one attached hydrogen (secondary N) is 1. The lowest BCUT2D eigenvalue weighted by molar-refractivity contribution is 0.0889. The number of hydrogen-bond donors (Lipinski definition) is 1. The molecule has 0 aliphatic carbocycles. The summed E-state index contributed by atoms with van der Waals surface area (Å²) >= 11 is 1.79. The first-order chi connectivity index (χ1) is 13.8. The van der Waals surface area contributed by atoms with Crippen molar-refractivity contribution in [3.8, 4) is 5.75 Å². The quantitative estimate of drug-likeness (QED) is 0.653. The van der Waals surface area contributed by atoms with Crippen LogP contribution in [0.5, 0.6) is 5.75 Å². The van der Waals surface area contributed by atoms with Gasteiger partial charge in [0.05, 0.1) is 11.3 Å². The Hall–Kier alpha value is -2.05. The molecule has 2 heterocycles. The van der Waals surface area contributed by atoms with E-state index in [4.69, 9.17) is 4.74 Å². The summed E-state index contributed by atoms with van der Waals surface area (Å²) in [5.74, 6) is 1.69. The van der Waals surface area contributed by atoms with Crippen molar-refractivity contribution in [2.24, 2.45) is 0 Å². The minimum absolute atomic E-state index is 0.0516. The van der Waals surface area contributed by atoms with Gasteiger partial charge in [-0.3, -0.25) is 14.7 Å². The number of carbonyl (C=O) groups excluding carboxylic acids is 1. The second-order valence-electron chi connectivity index (χ2n) is 7.01. The molecule has 0 radical (unpaired) electrons. The van der Waals surface area contributed by atoms with E-state index in [1.807, 2.05) is 42.6 Å². The normalized spacial score (nSPS) is 15.3. The molecule has 1 aromatic heterocycles. The van der Waals surface area contributed by atoms with E-state index in [1.54, 1.807) is 11.8 Å². The molecule has 28 heavy (non-hydrogen) atoms. The number of para-hydroxylation sites is 1. The summed E-state index contributed by atoms with van der Waals surface area (Å²) in [6.07, 6.45) is 6.95. The van der Waals surface area contributed by atoms with Gasteiger partial charge in [0.2, 0.25) is 0 Å². The molecule has 0 atom stereocenters. The van der Waals surface area contributed by atoms with Crippen LogP contribution < -0.4 is 10.1 Å². The second kappa shape index (κ2) is 11.1. The van der Waals surface area contributed by atoms with Gasteiger partial charge in [-0.1, -0.05) is 18.2 Å². The molecule has 0 unspecified atom stereocenters. The predicted octanol–water partition coefficient (Wildman–Crippen LogP) is 3.61. The number of likely N-dealkylation sites (tertiary alicyclic amines) is 1. The lowest BCUT2D eigenvalue weighted by atomic mass is 10.1. The maximum atomic E-state index is 12.5. The van der Waals surface area contributed by atoms with Crippen LogP contribution in [0.2, 0.25) is 0 Å². The molecule has 0 spiro atoms. The molecule has 0 bridgehead atoms. The van der Waals surface area contributed by atoms with E-state index < -0.39 is 0 Å². The van der Waals surface area contributed by atoms with Crippen molar-refractivity contribution in [2.45, 2.75) is 31.9 Å². The van der Waals surface area contributed by atoms with Gasteiger partial charge in [0.1, 0.15) is 11.9 Å². The van der Waals surface area contributed by atoms with Crippen LogP contribution in [0.25, 0.3) is 0 Å². The first-order valence-corrected chi connectivity index (χ1v) is 11.3. The van der Waals surface area contributed by atoms with Gasteiger partial charge in [-0.25, -0.2) is 0 Å². The van der Waals surface area contributed by atoms with E-state index >= 15 is 0 Å². The number of carbonyl (C=O) groups is 1. The molecule has 1 saturated heterocycles. The zero-order chi connectivity index (χ0) is 19.6. The number of pyridine rings is 1. The minimum Gasteiger partial charge on any atom is -0.489 e. The summed E-state index contributed by atoms with van der Waals surface area (Å²) in [6.45, 7) is 3.52. The Labute approximate surface area is 171 Å². The average Bonchev–Trinajstić information content (AvgIpc) is 2.74. The minimum atomic E-state index is -0.0516. The summed E-state index contributed by atoms with van der Waals surface area (Å²) in [5.41, 5.74) is 1.73. The lowest BCUT2D eigenvalue weighted by Crippen LogP contribution is -2.38. The van der Waals surface area contributed by atoms with Gasteiger partial charge in [0.15, 0.2) is 0 Å². The van der Waals surface area contributed by atoms with E-state index in [2.05, 4.69) is 27.5 Å². The van der Waals surface area contributed by atoms with Crippen LogP contribution in [0, 0.1) is 0 Å². The predicted molar refractivity (Wildman–Crippen MR) is 115 cm³/mol. The molecule has 5 nitrogen and oxygen atoms in total. The maximum absolute atomic E-state index is 12.5. The van der Waals surface area contributed by atoms with Gasteiger partial charge in [-0.05, 0) is 55.5 Å². The number of hydrogen-bond acceptors (Lipinski definition) is 5. The molecule has 1 aromatic carbocycles.